The van der Waals surface area contributed by atoms with E-state index in [-0.39, 0.29) is 4.83 Å². The van der Waals surface area contributed by atoms with Crippen molar-refractivity contribution < 1.29 is 9.47 Å². The van der Waals surface area contributed by atoms with Gasteiger partial charge in [0.1, 0.15) is 13.2 Å². The molecule has 0 saturated heterocycles. The number of hydrogen-bond donors (Lipinski definition) is 0. The van der Waals surface area contributed by atoms with Crippen LogP contribution in [0.2, 0.25) is 4.34 Å². The van der Waals surface area contributed by atoms with Crippen molar-refractivity contribution in [2.75, 3.05) is 13.2 Å². The fourth-order valence-electron chi connectivity index (χ4n) is 1.99. The lowest BCUT2D eigenvalue weighted by Crippen LogP contribution is -2.15. The molecule has 0 saturated carbocycles. The zero-order valence-electron chi connectivity index (χ0n) is 10.3. The van der Waals surface area contributed by atoms with E-state index < -0.39 is 0 Å². The van der Waals surface area contributed by atoms with Crippen LogP contribution in [-0.4, -0.2) is 13.2 Å². The number of rotatable bonds is 2. The smallest absolute Gasteiger partial charge is 0.161 e. The van der Waals surface area contributed by atoms with Crippen molar-refractivity contribution in [2.24, 2.45) is 0 Å². The summed E-state index contributed by atoms with van der Waals surface area (Å²) in [6, 6.07) is 8.15. The molecule has 0 radical (unpaired) electrons. The number of hydrogen-bond acceptors (Lipinski definition) is 3. The lowest BCUT2D eigenvalue weighted by Gasteiger charge is -2.19. The summed E-state index contributed by atoms with van der Waals surface area (Å²) in [4.78, 5) is 1.32. The molecule has 2 heterocycles. The molecule has 2 aromatic rings. The molecular formula is C14H12BrClO2S. The predicted octanol–water partition coefficient (Wildman–Crippen LogP) is 4.97. The fraction of sp³-hybridized carbons (Fsp3) is 0.286. The monoisotopic (exact) mass is 358 g/mol. The molecular weight excluding hydrogens is 348 g/mol. The van der Waals surface area contributed by atoms with Gasteiger partial charge in [0.2, 0.25) is 0 Å². The molecule has 1 aromatic heterocycles. The summed E-state index contributed by atoms with van der Waals surface area (Å²) in [6.45, 7) is 3.24. The van der Waals surface area contributed by atoms with Crippen LogP contribution in [0.1, 0.15) is 20.8 Å². The van der Waals surface area contributed by atoms with E-state index in [2.05, 4.69) is 28.1 Å². The summed E-state index contributed by atoms with van der Waals surface area (Å²) in [5.74, 6) is 1.63. The SMILES string of the molecule is Cc1cc(C(Br)c2ccc3c(c2)OCCO3)sc1Cl. The Morgan fingerprint density at radius 2 is 1.95 bits per heavy atom. The Kier molecular flexibility index (Phi) is 3.74. The molecule has 0 spiro atoms. The van der Waals surface area contributed by atoms with E-state index >= 15 is 0 Å². The molecule has 100 valence electrons. The van der Waals surface area contributed by atoms with Gasteiger partial charge in [0.25, 0.3) is 0 Å². The van der Waals surface area contributed by atoms with Crippen molar-refractivity contribution in [1.29, 1.82) is 0 Å². The van der Waals surface area contributed by atoms with Crippen LogP contribution in [0, 0.1) is 6.92 Å². The fourth-order valence-corrected chi connectivity index (χ4v) is 3.91. The molecule has 0 amide bonds. The summed E-state index contributed by atoms with van der Waals surface area (Å²) < 4.78 is 12.0. The van der Waals surface area contributed by atoms with Gasteiger partial charge in [0, 0.05) is 4.88 Å². The van der Waals surface area contributed by atoms with Crippen LogP contribution in [0.25, 0.3) is 0 Å². The quantitative estimate of drug-likeness (QED) is 0.705. The van der Waals surface area contributed by atoms with E-state index in [1.54, 1.807) is 11.3 Å². The summed E-state index contributed by atoms with van der Waals surface area (Å²) in [5.41, 5.74) is 2.26. The zero-order valence-corrected chi connectivity index (χ0v) is 13.4. The van der Waals surface area contributed by atoms with Crippen LogP contribution in [0.4, 0.5) is 0 Å². The lowest BCUT2D eigenvalue weighted by molar-refractivity contribution is 0.171. The highest BCUT2D eigenvalue weighted by Crippen LogP contribution is 2.41. The highest BCUT2D eigenvalue weighted by atomic mass is 79.9. The van der Waals surface area contributed by atoms with Crippen molar-refractivity contribution in [3.8, 4) is 11.5 Å². The molecule has 0 aliphatic carbocycles. The number of aryl methyl sites for hydroxylation is 1. The van der Waals surface area contributed by atoms with Gasteiger partial charge in [-0.25, -0.2) is 0 Å². The van der Waals surface area contributed by atoms with Crippen LogP contribution < -0.4 is 9.47 Å². The minimum absolute atomic E-state index is 0.125. The zero-order chi connectivity index (χ0) is 13.4. The first kappa shape index (κ1) is 13.3. The van der Waals surface area contributed by atoms with E-state index in [0.29, 0.717) is 13.2 Å². The maximum Gasteiger partial charge on any atom is 0.161 e. The number of halogens is 2. The molecule has 1 aliphatic heterocycles. The van der Waals surface area contributed by atoms with E-state index in [0.717, 1.165) is 27.0 Å². The summed E-state index contributed by atoms with van der Waals surface area (Å²) in [7, 11) is 0. The van der Waals surface area contributed by atoms with Crippen molar-refractivity contribution in [2.45, 2.75) is 11.8 Å². The molecule has 2 nitrogen and oxygen atoms in total. The molecule has 3 rings (SSSR count). The highest BCUT2D eigenvalue weighted by molar-refractivity contribution is 9.09. The van der Waals surface area contributed by atoms with Crippen molar-refractivity contribution in [1.82, 2.24) is 0 Å². The third-order valence-electron chi connectivity index (χ3n) is 2.98. The molecule has 1 aromatic carbocycles. The summed E-state index contributed by atoms with van der Waals surface area (Å²) in [6.07, 6.45) is 0. The van der Waals surface area contributed by atoms with Gasteiger partial charge in [-0.15, -0.1) is 11.3 Å². The van der Waals surface area contributed by atoms with Gasteiger partial charge in [0.15, 0.2) is 11.5 Å². The van der Waals surface area contributed by atoms with Gasteiger partial charge < -0.3 is 9.47 Å². The first-order valence-electron chi connectivity index (χ1n) is 5.94. The molecule has 0 N–H and O–H groups in total. The Morgan fingerprint density at radius 3 is 2.63 bits per heavy atom. The Hall–Kier alpha value is -0.710. The molecule has 1 unspecified atom stereocenters. The van der Waals surface area contributed by atoms with Crippen LogP contribution in [0.5, 0.6) is 11.5 Å². The molecule has 1 aliphatic rings. The summed E-state index contributed by atoms with van der Waals surface area (Å²) in [5, 5.41) is 0. The topological polar surface area (TPSA) is 18.5 Å². The number of fused-ring (bicyclic) bond motifs is 1. The van der Waals surface area contributed by atoms with Crippen molar-refractivity contribution in [3.63, 3.8) is 0 Å². The van der Waals surface area contributed by atoms with Gasteiger partial charge in [-0.05, 0) is 36.2 Å². The van der Waals surface area contributed by atoms with Crippen LogP contribution >= 0.6 is 38.9 Å². The second kappa shape index (κ2) is 5.35. The van der Waals surface area contributed by atoms with Crippen LogP contribution in [0.15, 0.2) is 24.3 Å². The molecule has 0 bridgehead atoms. The van der Waals surface area contributed by atoms with Gasteiger partial charge in [-0.3, -0.25) is 0 Å². The highest BCUT2D eigenvalue weighted by Gasteiger charge is 2.18. The Labute approximate surface area is 129 Å². The first-order valence-corrected chi connectivity index (χ1v) is 8.05. The van der Waals surface area contributed by atoms with Crippen LogP contribution in [0.3, 0.4) is 0 Å². The van der Waals surface area contributed by atoms with Gasteiger partial charge in [0.05, 0.1) is 9.16 Å². The van der Waals surface area contributed by atoms with Gasteiger partial charge >= 0.3 is 0 Å². The van der Waals surface area contributed by atoms with E-state index in [1.807, 2.05) is 19.1 Å². The minimum Gasteiger partial charge on any atom is -0.486 e. The van der Waals surface area contributed by atoms with Gasteiger partial charge in [-0.2, -0.15) is 0 Å². The Morgan fingerprint density at radius 1 is 1.21 bits per heavy atom. The normalized spacial score (nSPS) is 15.3. The average Bonchev–Trinajstić information content (AvgIpc) is 2.77. The largest absolute Gasteiger partial charge is 0.486 e. The molecule has 1 atom stereocenters. The van der Waals surface area contributed by atoms with Crippen LogP contribution in [-0.2, 0) is 0 Å². The molecule has 19 heavy (non-hydrogen) atoms. The maximum atomic E-state index is 6.13. The molecule has 5 heteroatoms. The number of ether oxygens (including phenoxy) is 2. The number of thiophene rings is 1. The Bertz CT molecular complexity index is 592. The van der Waals surface area contributed by atoms with E-state index in [4.69, 9.17) is 21.1 Å². The minimum atomic E-state index is 0.125. The third kappa shape index (κ3) is 2.62. The van der Waals surface area contributed by atoms with E-state index in [9.17, 15) is 0 Å². The first-order chi connectivity index (χ1) is 9.15. The second-order valence-corrected chi connectivity index (χ2v) is 6.97. The third-order valence-corrected chi connectivity index (χ3v) is 5.93. The average molecular weight is 360 g/mol. The standard InChI is InChI=1S/C14H12BrClO2S/c1-8-6-12(19-14(8)16)13(15)9-2-3-10-11(7-9)18-5-4-17-10/h2-3,6-7,13H,4-5H2,1H3. The summed E-state index contributed by atoms with van der Waals surface area (Å²) >= 11 is 11.5. The van der Waals surface area contributed by atoms with Crippen molar-refractivity contribution >= 4 is 38.9 Å². The Balaban J connectivity index is 1.93. The number of alkyl halides is 1. The van der Waals surface area contributed by atoms with Gasteiger partial charge in [-0.1, -0.05) is 33.6 Å². The maximum absolute atomic E-state index is 6.13. The second-order valence-electron chi connectivity index (χ2n) is 4.37. The lowest BCUT2D eigenvalue weighted by atomic mass is 10.1. The predicted molar refractivity (Wildman–Crippen MR) is 82.3 cm³/mol. The molecule has 0 fully saturated rings. The van der Waals surface area contributed by atoms with E-state index in [1.165, 1.54) is 4.88 Å². The van der Waals surface area contributed by atoms with Crippen molar-refractivity contribution in [3.05, 3.63) is 44.6 Å². The number of benzene rings is 1.